The molecule has 1 saturated heterocycles. The monoisotopic (exact) mass is 341 g/mol. The van der Waals surface area contributed by atoms with E-state index in [0.717, 1.165) is 16.6 Å². The van der Waals surface area contributed by atoms with Crippen LogP contribution in [0.5, 0.6) is 0 Å². The zero-order chi connectivity index (χ0) is 15.7. The maximum Gasteiger partial charge on any atom is 0.266 e. The molecule has 7 nitrogen and oxygen atoms in total. The van der Waals surface area contributed by atoms with Crippen LogP contribution in [0.15, 0.2) is 23.4 Å². The number of aromatic nitrogens is 1. The molecule has 1 N–H and O–H groups in total. The summed E-state index contributed by atoms with van der Waals surface area (Å²) in [4.78, 5) is 3.53. The molecule has 1 fully saturated rings. The quantitative estimate of drug-likeness (QED) is 0.831. The molecular formula is C10H13F2N3O4S2. The highest BCUT2D eigenvalue weighted by Gasteiger charge is 2.33. The van der Waals surface area contributed by atoms with Gasteiger partial charge in [-0.3, -0.25) is 0 Å². The number of alkyl halides is 2. The fraction of sp³-hybridized carbons (Fsp3) is 0.500. The standard InChI is InChI=1S/C10H13F2N3O4S2/c11-9(12)8-2-1-3-13-10(8)21(18,19)15-5-4-14-20(16,17)7-6-15/h1-3,9,14H,4-7H2. The smallest absolute Gasteiger partial charge is 0.243 e. The molecule has 0 spiro atoms. The number of rotatable bonds is 3. The summed E-state index contributed by atoms with van der Waals surface area (Å²) < 4.78 is 76.4. The Morgan fingerprint density at radius 2 is 2.05 bits per heavy atom. The summed E-state index contributed by atoms with van der Waals surface area (Å²) in [6.45, 7) is -0.559. The zero-order valence-electron chi connectivity index (χ0n) is 10.7. The molecule has 21 heavy (non-hydrogen) atoms. The Balaban J connectivity index is 2.39. The molecule has 0 radical (unpaired) electrons. The number of nitrogens with one attached hydrogen (secondary N) is 1. The third-order valence-electron chi connectivity index (χ3n) is 2.91. The minimum atomic E-state index is -4.27. The SMILES string of the molecule is O=S1(=O)CCN(S(=O)(=O)c2ncccc2C(F)F)CCN1. The largest absolute Gasteiger partial charge is 0.266 e. The van der Waals surface area contributed by atoms with Crippen molar-refractivity contribution in [2.24, 2.45) is 0 Å². The fourth-order valence-corrected chi connectivity index (χ4v) is 4.56. The highest BCUT2D eigenvalue weighted by Crippen LogP contribution is 2.26. The third kappa shape index (κ3) is 3.54. The summed E-state index contributed by atoms with van der Waals surface area (Å²) in [6.07, 6.45) is -1.89. The van der Waals surface area contributed by atoms with Gasteiger partial charge in [-0.25, -0.2) is 35.3 Å². The van der Waals surface area contributed by atoms with Crippen LogP contribution in [-0.4, -0.2) is 51.5 Å². The molecule has 0 aliphatic carbocycles. The summed E-state index contributed by atoms with van der Waals surface area (Å²) in [5.74, 6) is -0.428. The van der Waals surface area contributed by atoms with Gasteiger partial charge in [0, 0.05) is 25.8 Å². The normalized spacial score (nSPS) is 20.3. The van der Waals surface area contributed by atoms with Crippen LogP contribution in [-0.2, 0) is 20.0 Å². The summed E-state index contributed by atoms with van der Waals surface area (Å²) in [6, 6.07) is 2.20. The molecule has 1 aromatic rings. The van der Waals surface area contributed by atoms with Crippen molar-refractivity contribution >= 4 is 20.0 Å². The Kier molecular flexibility index (Phi) is 4.56. The minimum Gasteiger partial charge on any atom is -0.243 e. The molecule has 0 atom stereocenters. The van der Waals surface area contributed by atoms with Crippen LogP contribution in [0.4, 0.5) is 8.78 Å². The van der Waals surface area contributed by atoms with Crippen molar-refractivity contribution in [2.45, 2.75) is 11.5 Å². The van der Waals surface area contributed by atoms with Crippen molar-refractivity contribution < 1.29 is 25.6 Å². The third-order valence-corrected chi connectivity index (χ3v) is 6.15. The Labute approximate surface area is 121 Å². The predicted molar refractivity (Wildman–Crippen MR) is 69.7 cm³/mol. The van der Waals surface area contributed by atoms with Gasteiger partial charge in [-0.1, -0.05) is 0 Å². The average Bonchev–Trinajstić information content (AvgIpc) is 2.60. The van der Waals surface area contributed by atoms with Crippen LogP contribution in [0, 0.1) is 0 Å². The van der Waals surface area contributed by atoms with Gasteiger partial charge in [0.05, 0.1) is 11.3 Å². The topological polar surface area (TPSA) is 96.4 Å². The molecule has 0 aromatic carbocycles. The maximum atomic E-state index is 12.9. The Hall–Kier alpha value is -1.17. The number of hydrogen-bond donors (Lipinski definition) is 1. The van der Waals surface area contributed by atoms with Gasteiger partial charge in [0.1, 0.15) is 0 Å². The molecular weight excluding hydrogens is 328 g/mol. The van der Waals surface area contributed by atoms with Crippen molar-refractivity contribution in [3.8, 4) is 0 Å². The molecule has 0 saturated carbocycles. The number of nitrogens with zero attached hydrogens (tertiary/aromatic N) is 2. The highest BCUT2D eigenvalue weighted by atomic mass is 32.2. The Bertz CT molecular complexity index is 722. The highest BCUT2D eigenvalue weighted by molar-refractivity contribution is 7.90. The molecule has 11 heteroatoms. The second kappa shape index (κ2) is 5.91. The van der Waals surface area contributed by atoms with Gasteiger partial charge in [-0.05, 0) is 12.1 Å². The van der Waals surface area contributed by atoms with E-state index in [1.165, 1.54) is 6.07 Å². The molecule has 0 bridgehead atoms. The molecule has 2 heterocycles. The fourth-order valence-electron chi connectivity index (χ4n) is 1.88. The van der Waals surface area contributed by atoms with Crippen LogP contribution in [0.25, 0.3) is 0 Å². The zero-order valence-corrected chi connectivity index (χ0v) is 12.4. The summed E-state index contributed by atoms with van der Waals surface area (Å²) in [5, 5.41) is -0.737. The first-order valence-corrected chi connectivity index (χ1v) is 9.04. The van der Waals surface area contributed by atoms with Crippen LogP contribution in [0.1, 0.15) is 12.0 Å². The Morgan fingerprint density at radius 1 is 1.33 bits per heavy atom. The molecule has 1 aliphatic heterocycles. The van der Waals surface area contributed by atoms with Gasteiger partial charge < -0.3 is 0 Å². The van der Waals surface area contributed by atoms with E-state index in [9.17, 15) is 25.6 Å². The van der Waals surface area contributed by atoms with Gasteiger partial charge in [-0.2, -0.15) is 4.31 Å². The second-order valence-electron chi connectivity index (χ2n) is 4.32. The van der Waals surface area contributed by atoms with E-state index in [2.05, 4.69) is 9.71 Å². The summed E-state index contributed by atoms with van der Waals surface area (Å²) in [7, 11) is -7.82. The van der Waals surface area contributed by atoms with Crippen molar-refractivity contribution in [1.82, 2.24) is 14.0 Å². The van der Waals surface area contributed by atoms with Crippen molar-refractivity contribution in [3.63, 3.8) is 0 Å². The predicted octanol–water partition coefficient (Wildman–Crippen LogP) is -0.0571. The molecule has 2 rings (SSSR count). The molecule has 0 unspecified atom stereocenters. The van der Waals surface area contributed by atoms with E-state index in [0.29, 0.717) is 0 Å². The van der Waals surface area contributed by atoms with Gasteiger partial charge in [0.25, 0.3) is 16.4 Å². The van der Waals surface area contributed by atoms with Crippen molar-refractivity contribution in [1.29, 1.82) is 0 Å². The van der Waals surface area contributed by atoms with E-state index in [1.54, 1.807) is 0 Å². The molecule has 0 amide bonds. The molecule has 1 aliphatic rings. The summed E-state index contributed by atoms with van der Waals surface area (Å²) in [5.41, 5.74) is -0.697. The van der Waals surface area contributed by atoms with Gasteiger partial charge in [-0.15, -0.1) is 0 Å². The van der Waals surface area contributed by atoms with Crippen LogP contribution in [0.2, 0.25) is 0 Å². The van der Waals surface area contributed by atoms with E-state index >= 15 is 0 Å². The summed E-state index contributed by atoms with van der Waals surface area (Å²) >= 11 is 0. The molecule has 1 aromatic heterocycles. The van der Waals surface area contributed by atoms with Crippen LogP contribution >= 0.6 is 0 Å². The molecule has 118 valence electrons. The number of sulfonamides is 2. The number of pyridine rings is 1. The minimum absolute atomic E-state index is 0.113. The first-order valence-electron chi connectivity index (χ1n) is 5.94. The van der Waals surface area contributed by atoms with Crippen LogP contribution in [0.3, 0.4) is 0 Å². The lowest BCUT2D eigenvalue weighted by Crippen LogP contribution is -2.35. The second-order valence-corrected chi connectivity index (χ2v) is 8.10. The van der Waals surface area contributed by atoms with E-state index in [4.69, 9.17) is 0 Å². The van der Waals surface area contributed by atoms with E-state index in [1.807, 2.05) is 0 Å². The first-order chi connectivity index (χ1) is 9.74. The van der Waals surface area contributed by atoms with Crippen molar-refractivity contribution in [2.75, 3.05) is 25.4 Å². The lowest BCUT2D eigenvalue weighted by Gasteiger charge is -2.19. The number of hydrogen-bond acceptors (Lipinski definition) is 5. The van der Waals surface area contributed by atoms with Crippen LogP contribution < -0.4 is 4.72 Å². The Morgan fingerprint density at radius 3 is 2.71 bits per heavy atom. The van der Waals surface area contributed by atoms with Gasteiger partial charge in [0.2, 0.25) is 10.0 Å². The van der Waals surface area contributed by atoms with Gasteiger partial charge in [0.15, 0.2) is 5.03 Å². The lowest BCUT2D eigenvalue weighted by atomic mass is 10.3. The average molecular weight is 341 g/mol. The lowest BCUT2D eigenvalue weighted by molar-refractivity contribution is 0.146. The first kappa shape index (κ1) is 16.2. The van der Waals surface area contributed by atoms with E-state index in [-0.39, 0.29) is 19.6 Å². The van der Waals surface area contributed by atoms with Gasteiger partial charge >= 0.3 is 0 Å². The maximum absolute atomic E-state index is 12.9. The van der Waals surface area contributed by atoms with Crippen molar-refractivity contribution in [3.05, 3.63) is 23.9 Å². The van der Waals surface area contributed by atoms with E-state index < -0.39 is 42.8 Å². The number of halogens is 2.